The standard InChI is InChI=1S/C33H36O8/c1-3-40-30(38)32(31(39)41-4-2,21-11-16-28(34)35)22-23-33(29(36)37,26-14-9-6-10-15-26)27-19-17-25(18-20-27)24-12-7-5-8-13-24/h5-10,12-15,17-20H,3-4,11,16,21-23H2,1-2H3,(H,34,35)(H,36,37). The lowest BCUT2D eigenvalue weighted by atomic mass is 9.66. The highest BCUT2D eigenvalue weighted by Gasteiger charge is 2.52. The highest BCUT2D eigenvalue weighted by atomic mass is 16.6. The maximum Gasteiger partial charge on any atom is 0.323 e. The Morgan fingerprint density at radius 1 is 0.634 bits per heavy atom. The number of hydrogen-bond acceptors (Lipinski definition) is 6. The number of rotatable bonds is 15. The lowest BCUT2D eigenvalue weighted by molar-refractivity contribution is -0.174. The summed E-state index contributed by atoms with van der Waals surface area (Å²) in [6.07, 6.45) is -0.809. The number of carbonyl (C=O) groups excluding carboxylic acids is 2. The van der Waals surface area contributed by atoms with Gasteiger partial charge in [0.15, 0.2) is 5.41 Å². The molecule has 0 aliphatic carbocycles. The van der Waals surface area contributed by atoms with Crippen LogP contribution in [0.1, 0.15) is 57.1 Å². The average molecular weight is 561 g/mol. The average Bonchev–Trinajstić information content (AvgIpc) is 2.97. The number of ether oxygens (including phenoxy) is 2. The first-order valence-electron chi connectivity index (χ1n) is 13.7. The van der Waals surface area contributed by atoms with Crippen LogP contribution >= 0.6 is 0 Å². The van der Waals surface area contributed by atoms with Crippen LogP contribution in [0.5, 0.6) is 0 Å². The molecule has 1 unspecified atom stereocenters. The molecule has 3 aromatic carbocycles. The van der Waals surface area contributed by atoms with Crippen LogP contribution in [0.3, 0.4) is 0 Å². The highest BCUT2D eigenvalue weighted by molar-refractivity contribution is 6.00. The summed E-state index contributed by atoms with van der Waals surface area (Å²) in [7, 11) is 0. The van der Waals surface area contributed by atoms with Gasteiger partial charge in [0.1, 0.15) is 5.41 Å². The number of aliphatic carboxylic acids is 2. The molecular formula is C33H36O8. The molecule has 41 heavy (non-hydrogen) atoms. The van der Waals surface area contributed by atoms with Gasteiger partial charge in [-0.3, -0.25) is 19.2 Å². The van der Waals surface area contributed by atoms with Gasteiger partial charge in [0, 0.05) is 6.42 Å². The molecule has 3 aromatic rings. The predicted molar refractivity (Wildman–Crippen MR) is 153 cm³/mol. The number of benzene rings is 3. The van der Waals surface area contributed by atoms with Gasteiger partial charge in [0.2, 0.25) is 0 Å². The van der Waals surface area contributed by atoms with E-state index in [9.17, 15) is 29.4 Å². The fourth-order valence-corrected chi connectivity index (χ4v) is 5.21. The van der Waals surface area contributed by atoms with E-state index in [-0.39, 0.29) is 45.3 Å². The van der Waals surface area contributed by atoms with Gasteiger partial charge in [0.25, 0.3) is 0 Å². The first-order chi connectivity index (χ1) is 19.7. The van der Waals surface area contributed by atoms with Crippen molar-refractivity contribution >= 4 is 23.9 Å². The van der Waals surface area contributed by atoms with E-state index >= 15 is 0 Å². The Balaban J connectivity index is 2.14. The van der Waals surface area contributed by atoms with Crippen molar-refractivity contribution in [3.63, 3.8) is 0 Å². The summed E-state index contributed by atoms with van der Waals surface area (Å²) < 4.78 is 10.6. The van der Waals surface area contributed by atoms with Crippen LogP contribution in [0.2, 0.25) is 0 Å². The predicted octanol–water partition coefficient (Wildman–Crippen LogP) is 5.87. The van der Waals surface area contributed by atoms with Crippen molar-refractivity contribution in [2.24, 2.45) is 5.41 Å². The van der Waals surface area contributed by atoms with Crippen molar-refractivity contribution in [1.29, 1.82) is 0 Å². The normalized spacial score (nSPS) is 12.6. The minimum Gasteiger partial charge on any atom is -0.481 e. The molecule has 0 aliphatic heterocycles. The van der Waals surface area contributed by atoms with Crippen LogP contribution in [-0.4, -0.2) is 47.3 Å². The zero-order valence-electron chi connectivity index (χ0n) is 23.4. The van der Waals surface area contributed by atoms with Gasteiger partial charge in [-0.05, 0) is 61.8 Å². The molecule has 0 aliphatic rings. The summed E-state index contributed by atoms with van der Waals surface area (Å²) >= 11 is 0. The van der Waals surface area contributed by atoms with Crippen molar-refractivity contribution in [1.82, 2.24) is 0 Å². The van der Waals surface area contributed by atoms with Crippen molar-refractivity contribution in [3.8, 4) is 11.1 Å². The molecule has 0 radical (unpaired) electrons. The first-order valence-corrected chi connectivity index (χ1v) is 13.7. The van der Waals surface area contributed by atoms with Gasteiger partial charge < -0.3 is 19.7 Å². The molecule has 0 heterocycles. The molecule has 0 fully saturated rings. The first kappa shape index (κ1) is 31.1. The summed E-state index contributed by atoms with van der Waals surface area (Å²) in [5.41, 5.74) is -0.672. The van der Waals surface area contributed by atoms with Gasteiger partial charge in [-0.2, -0.15) is 0 Å². The maximum atomic E-state index is 13.4. The summed E-state index contributed by atoms with van der Waals surface area (Å²) in [6.45, 7) is 3.18. The van der Waals surface area contributed by atoms with Crippen LogP contribution in [0.25, 0.3) is 11.1 Å². The third-order valence-corrected chi connectivity index (χ3v) is 7.37. The molecule has 0 bridgehead atoms. The van der Waals surface area contributed by atoms with Gasteiger partial charge in [-0.25, -0.2) is 0 Å². The molecule has 0 saturated heterocycles. The zero-order valence-corrected chi connectivity index (χ0v) is 23.4. The SMILES string of the molecule is CCOC(=O)C(CCCC(=O)O)(CCC(C(=O)O)(c1ccccc1)c1ccc(-c2ccccc2)cc1)C(=O)OCC. The van der Waals surface area contributed by atoms with Gasteiger partial charge in [-0.15, -0.1) is 0 Å². The molecule has 216 valence electrons. The number of carbonyl (C=O) groups is 4. The Hall–Kier alpha value is -4.46. The van der Waals surface area contributed by atoms with Gasteiger partial charge in [0.05, 0.1) is 13.2 Å². The highest BCUT2D eigenvalue weighted by Crippen LogP contribution is 2.44. The number of carboxylic acid groups (broad SMARTS) is 2. The van der Waals surface area contributed by atoms with E-state index < -0.39 is 34.7 Å². The Kier molecular flexibility index (Phi) is 10.8. The Morgan fingerprint density at radius 3 is 1.61 bits per heavy atom. The third kappa shape index (κ3) is 7.01. The molecule has 8 nitrogen and oxygen atoms in total. The van der Waals surface area contributed by atoms with E-state index in [2.05, 4.69) is 0 Å². The molecule has 0 spiro atoms. The second-order valence-corrected chi connectivity index (χ2v) is 9.79. The molecule has 3 rings (SSSR count). The van der Waals surface area contributed by atoms with E-state index in [1.807, 2.05) is 42.5 Å². The minimum atomic E-state index is -1.87. The number of hydrogen-bond donors (Lipinski definition) is 2. The van der Waals surface area contributed by atoms with Gasteiger partial charge in [-0.1, -0.05) is 84.9 Å². The van der Waals surface area contributed by atoms with Crippen molar-refractivity contribution in [3.05, 3.63) is 96.1 Å². The molecule has 2 N–H and O–H groups in total. The van der Waals surface area contributed by atoms with Gasteiger partial charge >= 0.3 is 23.9 Å². The molecule has 1 atom stereocenters. The minimum absolute atomic E-state index is 0.00411. The van der Waals surface area contributed by atoms with Crippen LogP contribution < -0.4 is 0 Å². The topological polar surface area (TPSA) is 127 Å². The largest absolute Gasteiger partial charge is 0.481 e. The van der Waals surface area contributed by atoms with Crippen LogP contribution in [0.15, 0.2) is 84.9 Å². The van der Waals surface area contributed by atoms with E-state index in [0.29, 0.717) is 11.1 Å². The van der Waals surface area contributed by atoms with Crippen LogP contribution in [0.4, 0.5) is 0 Å². The number of carboxylic acids is 2. The Labute approximate surface area is 239 Å². The van der Waals surface area contributed by atoms with Crippen molar-refractivity contribution < 1.29 is 38.9 Å². The van der Waals surface area contributed by atoms with E-state index in [1.54, 1.807) is 56.3 Å². The fourth-order valence-electron chi connectivity index (χ4n) is 5.21. The van der Waals surface area contributed by atoms with Crippen LogP contribution in [-0.2, 0) is 34.1 Å². The lowest BCUT2D eigenvalue weighted by Gasteiger charge is -2.35. The second-order valence-electron chi connectivity index (χ2n) is 9.79. The lowest BCUT2D eigenvalue weighted by Crippen LogP contribution is -2.45. The molecule has 8 heteroatoms. The van der Waals surface area contributed by atoms with E-state index in [4.69, 9.17) is 9.47 Å². The monoisotopic (exact) mass is 560 g/mol. The molecule has 0 amide bonds. The summed E-state index contributed by atoms with van der Waals surface area (Å²) in [5.74, 6) is -3.93. The Bertz CT molecular complexity index is 1300. The van der Waals surface area contributed by atoms with E-state index in [1.165, 1.54) is 0 Å². The Morgan fingerprint density at radius 2 is 1.12 bits per heavy atom. The molecular weight excluding hydrogens is 524 g/mol. The maximum absolute atomic E-state index is 13.4. The quantitative estimate of drug-likeness (QED) is 0.174. The van der Waals surface area contributed by atoms with E-state index in [0.717, 1.165) is 11.1 Å². The van der Waals surface area contributed by atoms with Crippen molar-refractivity contribution in [2.45, 2.75) is 51.4 Å². The summed E-state index contributed by atoms with van der Waals surface area (Å²) in [6, 6.07) is 25.6. The fraction of sp³-hybridized carbons (Fsp3) is 0.333. The molecule has 0 aromatic heterocycles. The molecule has 0 saturated carbocycles. The smallest absolute Gasteiger partial charge is 0.323 e. The second kappa shape index (κ2) is 14.3. The van der Waals surface area contributed by atoms with Crippen LogP contribution in [0, 0.1) is 5.41 Å². The van der Waals surface area contributed by atoms with Crippen molar-refractivity contribution in [2.75, 3.05) is 13.2 Å². The third-order valence-electron chi connectivity index (χ3n) is 7.37. The summed E-state index contributed by atoms with van der Waals surface area (Å²) in [5, 5.41) is 20.1. The summed E-state index contributed by atoms with van der Waals surface area (Å²) in [4.78, 5) is 51.4. The zero-order chi connectivity index (χ0) is 29.9. The number of esters is 2.